The van der Waals surface area contributed by atoms with Gasteiger partial charge in [-0.25, -0.2) is 0 Å². The van der Waals surface area contributed by atoms with Gasteiger partial charge in [-0.3, -0.25) is 0 Å². The summed E-state index contributed by atoms with van der Waals surface area (Å²) < 4.78 is 0. The van der Waals surface area contributed by atoms with Gasteiger partial charge in [0.05, 0.1) is 5.02 Å². The molecule has 0 fully saturated rings. The maximum absolute atomic E-state index is 9.17. The van der Waals surface area contributed by atoms with Crippen LogP contribution in [0, 0.1) is 0 Å². The lowest BCUT2D eigenvalue weighted by Gasteiger charge is -2.04. The summed E-state index contributed by atoms with van der Waals surface area (Å²) in [6.07, 6.45) is 0. The normalized spacial score (nSPS) is 10.4. The van der Waals surface area contributed by atoms with E-state index in [-0.39, 0.29) is 5.75 Å². The van der Waals surface area contributed by atoms with Crippen LogP contribution >= 0.6 is 35.0 Å². The molecule has 0 bridgehead atoms. The smallest absolute Gasteiger partial charge is 0.115 e. The van der Waals surface area contributed by atoms with E-state index in [1.165, 1.54) is 11.8 Å². The molecule has 0 heterocycles. The first-order chi connectivity index (χ1) is 7.65. The Bertz CT molecular complexity index is 497. The quantitative estimate of drug-likeness (QED) is 0.842. The molecule has 0 aliphatic carbocycles. The first kappa shape index (κ1) is 11.6. The molecule has 4 heteroatoms. The standard InChI is InChI=1S/C12H8Cl2OS/c13-8-1-6-11(14)12(7-8)16-10-4-2-9(15)3-5-10/h1-7,15H. The largest absolute Gasteiger partial charge is 0.508 e. The molecule has 16 heavy (non-hydrogen) atoms. The number of aromatic hydroxyl groups is 1. The highest BCUT2D eigenvalue weighted by molar-refractivity contribution is 7.99. The molecular weight excluding hydrogens is 263 g/mol. The van der Waals surface area contributed by atoms with E-state index >= 15 is 0 Å². The number of halogens is 2. The molecule has 0 aliphatic heterocycles. The first-order valence-corrected chi connectivity index (χ1v) is 6.14. The molecule has 2 aromatic rings. The Hall–Kier alpha value is -0.830. The highest BCUT2D eigenvalue weighted by Gasteiger charge is 2.03. The van der Waals surface area contributed by atoms with Crippen LogP contribution in [0.25, 0.3) is 0 Å². The predicted octanol–water partition coefficient (Wildman–Crippen LogP) is 4.85. The van der Waals surface area contributed by atoms with Crippen molar-refractivity contribution < 1.29 is 5.11 Å². The van der Waals surface area contributed by atoms with E-state index < -0.39 is 0 Å². The van der Waals surface area contributed by atoms with E-state index in [0.717, 1.165) is 9.79 Å². The van der Waals surface area contributed by atoms with Gasteiger partial charge in [0.2, 0.25) is 0 Å². The average Bonchev–Trinajstić information content (AvgIpc) is 2.27. The number of phenols is 1. The van der Waals surface area contributed by atoms with Crippen LogP contribution in [-0.2, 0) is 0 Å². The Morgan fingerprint density at radius 2 is 1.62 bits per heavy atom. The van der Waals surface area contributed by atoms with Crippen LogP contribution in [0.4, 0.5) is 0 Å². The maximum Gasteiger partial charge on any atom is 0.115 e. The van der Waals surface area contributed by atoms with E-state index in [0.29, 0.717) is 10.0 Å². The van der Waals surface area contributed by atoms with Crippen molar-refractivity contribution in [3.8, 4) is 5.75 Å². The second-order valence-corrected chi connectivity index (χ2v) is 5.13. The molecular formula is C12H8Cl2OS. The van der Waals surface area contributed by atoms with Crippen LogP contribution in [0.15, 0.2) is 52.3 Å². The highest BCUT2D eigenvalue weighted by Crippen LogP contribution is 2.35. The molecule has 0 amide bonds. The summed E-state index contributed by atoms with van der Waals surface area (Å²) in [6, 6.07) is 12.3. The molecule has 0 spiro atoms. The molecule has 2 rings (SSSR count). The Kier molecular flexibility index (Phi) is 3.64. The van der Waals surface area contributed by atoms with Gasteiger partial charge in [0, 0.05) is 14.8 Å². The Morgan fingerprint density at radius 1 is 0.938 bits per heavy atom. The molecule has 2 aromatic carbocycles. The van der Waals surface area contributed by atoms with Crippen LogP contribution in [0.5, 0.6) is 5.75 Å². The summed E-state index contributed by atoms with van der Waals surface area (Å²) in [6.45, 7) is 0. The number of phenolic OH excluding ortho intramolecular Hbond substituents is 1. The minimum Gasteiger partial charge on any atom is -0.508 e. The van der Waals surface area contributed by atoms with Gasteiger partial charge in [-0.2, -0.15) is 0 Å². The zero-order chi connectivity index (χ0) is 11.5. The SMILES string of the molecule is Oc1ccc(Sc2cc(Cl)ccc2Cl)cc1. The van der Waals surface area contributed by atoms with E-state index in [2.05, 4.69) is 0 Å². The summed E-state index contributed by atoms with van der Waals surface area (Å²) >= 11 is 13.5. The van der Waals surface area contributed by atoms with E-state index in [4.69, 9.17) is 28.3 Å². The van der Waals surface area contributed by atoms with E-state index in [9.17, 15) is 0 Å². The van der Waals surface area contributed by atoms with Crippen molar-refractivity contribution in [2.45, 2.75) is 9.79 Å². The van der Waals surface area contributed by atoms with Crippen LogP contribution in [0.1, 0.15) is 0 Å². The fourth-order valence-electron chi connectivity index (χ4n) is 1.20. The van der Waals surface area contributed by atoms with Crippen molar-refractivity contribution >= 4 is 35.0 Å². The van der Waals surface area contributed by atoms with Crippen LogP contribution < -0.4 is 0 Å². The van der Waals surface area contributed by atoms with Gasteiger partial charge in [-0.05, 0) is 42.5 Å². The Labute approximate surface area is 108 Å². The zero-order valence-electron chi connectivity index (χ0n) is 8.15. The average molecular weight is 271 g/mol. The van der Waals surface area contributed by atoms with Gasteiger partial charge in [-0.1, -0.05) is 35.0 Å². The molecule has 1 nitrogen and oxygen atoms in total. The van der Waals surface area contributed by atoms with Gasteiger partial charge >= 0.3 is 0 Å². The monoisotopic (exact) mass is 270 g/mol. The second-order valence-electron chi connectivity index (χ2n) is 3.17. The number of hydrogen-bond donors (Lipinski definition) is 1. The minimum atomic E-state index is 0.251. The maximum atomic E-state index is 9.17. The highest BCUT2D eigenvalue weighted by atomic mass is 35.5. The lowest BCUT2D eigenvalue weighted by molar-refractivity contribution is 0.475. The van der Waals surface area contributed by atoms with Crippen molar-refractivity contribution in [2.75, 3.05) is 0 Å². The van der Waals surface area contributed by atoms with Crippen molar-refractivity contribution in [1.29, 1.82) is 0 Å². The lowest BCUT2D eigenvalue weighted by atomic mass is 10.3. The first-order valence-electron chi connectivity index (χ1n) is 4.57. The predicted molar refractivity (Wildman–Crippen MR) is 68.7 cm³/mol. The third kappa shape index (κ3) is 2.85. The summed E-state index contributed by atoms with van der Waals surface area (Å²) in [7, 11) is 0. The molecule has 0 aliphatic rings. The topological polar surface area (TPSA) is 20.2 Å². The van der Waals surface area contributed by atoms with Gasteiger partial charge in [-0.15, -0.1) is 0 Å². The summed E-state index contributed by atoms with van der Waals surface area (Å²) in [5.74, 6) is 0.251. The van der Waals surface area contributed by atoms with Crippen LogP contribution in [-0.4, -0.2) is 5.11 Å². The van der Waals surface area contributed by atoms with Gasteiger partial charge in [0.15, 0.2) is 0 Å². The Morgan fingerprint density at radius 3 is 2.31 bits per heavy atom. The molecule has 0 unspecified atom stereocenters. The zero-order valence-corrected chi connectivity index (χ0v) is 10.5. The molecule has 0 saturated heterocycles. The summed E-state index contributed by atoms with van der Waals surface area (Å²) in [5, 5.41) is 10.5. The van der Waals surface area contributed by atoms with Crippen LogP contribution in [0.2, 0.25) is 10.0 Å². The Balaban J connectivity index is 2.26. The van der Waals surface area contributed by atoms with Crippen LogP contribution in [0.3, 0.4) is 0 Å². The molecule has 0 atom stereocenters. The summed E-state index contributed by atoms with van der Waals surface area (Å²) in [5.41, 5.74) is 0. The van der Waals surface area contributed by atoms with Gasteiger partial charge < -0.3 is 5.11 Å². The molecule has 0 saturated carbocycles. The molecule has 0 aromatic heterocycles. The van der Waals surface area contributed by atoms with E-state index in [1.807, 2.05) is 18.2 Å². The van der Waals surface area contributed by atoms with Crippen molar-refractivity contribution in [2.24, 2.45) is 0 Å². The molecule has 0 radical (unpaired) electrons. The van der Waals surface area contributed by atoms with Crippen molar-refractivity contribution in [3.63, 3.8) is 0 Å². The number of rotatable bonds is 2. The fourth-order valence-corrected chi connectivity index (χ4v) is 2.54. The molecule has 1 N–H and O–H groups in total. The molecule has 82 valence electrons. The van der Waals surface area contributed by atoms with Gasteiger partial charge in [0.25, 0.3) is 0 Å². The van der Waals surface area contributed by atoms with Gasteiger partial charge in [0.1, 0.15) is 5.75 Å². The second kappa shape index (κ2) is 5.00. The fraction of sp³-hybridized carbons (Fsp3) is 0. The third-order valence-electron chi connectivity index (χ3n) is 1.96. The number of hydrogen-bond acceptors (Lipinski definition) is 2. The number of benzene rings is 2. The third-order valence-corrected chi connectivity index (χ3v) is 3.70. The van der Waals surface area contributed by atoms with Crippen molar-refractivity contribution in [1.82, 2.24) is 0 Å². The summed E-state index contributed by atoms with van der Waals surface area (Å²) in [4.78, 5) is 1.90. The van der Waals surface area contributed by atoms with Crippen molar-refractivity contribution in [3.05, 3.63) is 52.5 Å². The van der Waals surface area contributed by atoms with E-state index in [1.54, 1.807) is 24.3 Å². The minimum absolute atomic E-state index is 0.251. The lowest BCUT2D eigenvalue weighted by Crippen LogP contribution is -1.76.